The monoisotopic (exact) mass is 188 g/mol. The number of rotatable bonds is 0. The van der Waals surface area contributed by atoms with E-state index in [9.17, 15) is 5.21 Å². The van der Waals surface area contributed by atoms with E-state index in [0.29, 0.717) is 14.9 Å². The Hall–Kier alpha value is -0.770. The Morgan fingerprint density at radius 2 is 2.22 bits per heavy atom. The van der Waals surface area contributed by atoms with Gasteiger partial charge in [0.1, 0.15) is 0 Å². The highest BCUT2D eigenvalue weighted by atomic mass is 79.9. The molecule has 0 aromatic carbocycles. The molecule has 1 aromatic rings. The molecule has 0 aliphatic rings. The topological polar surface area (TPSA) is 53.0 Å². The van der Waals surface area contributed by atoms with E-state index in [0.717, 1.165) is 0 Å². The molecule has 1 aromatic heterocycles. The van der Waals surface area contributed by atoms with Gasteiger partial charge in [-0.15, -0.1) is 0 Å². The fourth-order valence-electron chi connectivity index (χ4n) is 0.540. The van der Waals surface area contributed by atoms with Gasteiger partial charge in [-0.05, 0) is 22.0 Å². The van der Waals surface area contributed by atoms with Gasteiger partial charge in [0.25, 0.3) is 0 Å². The molecule has 0 amide bonds. The number of nitrogens with two attached hydrogens (primary N) is 1. The lowest BCUT2D eigenvalue weighted by molar-refractivity contribution is -0.605. The van der Waals surface area contributed by atoms with Crippen molar-refractivity contribution < 1.29 is 4.73 Å². The molecule has 4 heteroatoms. The number of hydrogen-bond acceptors (Lipinski definition) is 2. The minimum atomic E-state index is 0.458. The van der Waals surface area contributed by atoms with Crippen molar-refractivity contribution in [3.8, 4) is 0 Å². The number of nitrogen functional groups attached to an aromatic ring is 1. The zero-order chi connectivity index (χ0) is 6.85. The second-order valence-corrected chi connectivity index (χ2v) is 2.56. The van der Waals surface area contributed by atoms with E-state index < -0.39 is 0 Å². The second kappa shape index (κ2) is 2.23. The van der Waals surface area contributed by atoms with E-state index in [-0.39, 0.29) is 0 Å². The Bertz CT molecular complexity index is 176. The molecule has 48 valence electrons. The van der Waals surface area contributed by atoms with Gasteiger partial charge in [-0.1, -0.05) is 0 Å². The average Bonchev–Trinajstić information content (AvgIpc) is 1.59. The van der Waals surface area contributed by atoms with Gasteiger partial charge < -0.3 is 10.9 Å². The molecule has 0 atom stereocenters. The first-order valence-corrected chi connectivity index (χ1v) is 3.12. The van der Waals surface area contributed by atoms with Crippen LogP contribution in [0, 0.1) is 5.21 Å². The van der Waals surface area contributed by atoms with Crippen molar-refractivity contribution in [1.29, 1.82) is 0 Å². The first-order chi connectivity index (χ1) is 4.18. The van der Waals surface area contributed by atoms with Crippen molar-refractivity contribution in [3.05, 3.63) is 28.1 Å². The standard InChI is InChI=1S/C5H5BrN2O/c6-4-1-5(7)3-8(9)2-4/h1-3H,7H2. The van der Waals surface area contributed by atoms with Crippen molar-refractivity contribution >= 4 is 21.6 Å². The number of anilines is 1. The van der Waals surface area contributed by atoms with Crippen molar-refractivity contribution in [1.82, 2.24) is 0 Å². The highest BCUT2D eigenvalue weighted by Gasteiger charge is 1.94. The summed E-state index contributed by atoms with van der Waals surface area (Å²) in [5.41, 5.74) is 5.77. The molecule has 9 heavy (non-hydrogen) atoms. The Morgan fingerprint density at radius 1 is 1.56 bits per heavy atom. The van der Waals surface area contributed by atoms with Crippen LogP contribution < -0.4 is 10.5 Å². The van der Waals surface area contributed by atoms with Gasteiger partial charge >= 0.3 is 0 Å². The SMILES string of the molecule is Nc1cc(Br)c[n+]([O-])c1. The Balaban J connectivity index is 3.17. The lowest BCUT2D eigenvalue weighted by Crippen LogP contribution is -2.24. The maximum Gasteiger partial charge on any atom is 0.203 e. The summed E-state index contributed by atoms with van der Waals surface area (Å²) in [5, 5.41) is 10.5. The zero-order valence-electron chi connectivity index (χ0n) is 4.54. The number of aromatic nitrogens is 1. The fourth-order valence-corrected chi connectivity index (χ4v) is 1.01. The molecule has 0 spiro atoms. The third-order valence-corrected chi connectivity index (χ3v) is 1.27. The fraction of sp³-hybridized carbons (Fsp3) is 0. The van der Waals surface area contributed by atoms with Crippen molar-refractivity contribution in [2.24, 2.45) is 0 Å². The normalized spacial score (nSPS) is 9.44. The van der Waals surface area contributed by atoms with Crippen LogP contribution in [-0.4, -0.2) is 0 Å². The molecular weight excluding hydrogens is 184 g/mol. The predicted octanol–water partition coefficient (Wildman–Crippen LogP) is 0.665. The maximum atomic E-state index is 10.5. The first kappa shape index (κ1) is 6.35. The van der Waals surface area contributed by atoms with Crippen molar-refractivity contribution in [2.75, 3.05) is 5.73 Å². The van der Waals surface area contributed by atoms with Gasteiger partial charge in [0.2, 0.25) is 6.20 Å². The van der Waals surface area contributed by atoms with Crippen LogP contribution in [0.4, 0.5) is 5.69 Å². The molecule has 2 N–H and O–H groups in total. The average molecular weight is 189 g/mol. The largest absolute Gasteiger partial charge is 0.619 e. The summed E-state index contributed by atoms with van der Waals surface area (Å²) in [6, 6.07) is 1.66. The molecule has 3 nitrogen and oxygen atoms in total. The van der Waals surface area contributed by atoms with Crippen molar-refractivity contribution in [2.45, 2.75) is 0 Å². The van der Waals surface area contributed by atoms with Crippen LogP contribution in [0.3, 0.4) is 0 Å². The second-order valence-electron chi connectivity index (χ2n) is 1.65. The number of pyridine rings is 1. The third-order valence-electron chi connectivity index (χ3n) is 0.831. The number of halogens is 1. The minimum Gasteiger partial charge on any atom is -0.619 e. The van der Waals surface area contributed by atoms with E-state index in [1.807, 2.05) is 0 Å². The summed E-state index contributed by atoms with van der Waals surface area (Å²) in [6.07, 6.45) is 2.68. The summed E-state index contributed by atoms with van der Waals surface area (Å²) >= 11 is 3.11. The highest BCUT2D eigenvalue weighted by molar-refractivity contribution is 9.10. The number of hydrogen-bond donors (Lipinski definition) is 1. The zero-order valence-corrected chi connectivity index (χ0v) is 6.13. The maximum absolute atomic E-state index is 10.5. The molecule has 1 heterocycles. The van der Waals surface area contributed by atoms with Gasteiger partial charge in [-0.2, -0.15) is 4.73 Å². The smallest absolute Gasteiger partial charge is 0.203 e. The van der Waals surface area contributed by atoms with E-state index >= 15 is 0 Å². The summed E-state index contributed by atoms with van der Waals surface area (Å²) in [5.74, 6) is 0. The molecule has 1 rings (SSSR count). The summed E-state index contributed by atoms with van der Waals surface area (Å²) < 4.78 is 1.34. The van der Waals surface area contributed by atoms with Gasteiger partial charge in [0, 0.05) is 0 Å². The van der Waals surface area contributed by atoms with Gasteiger partial charge in [0.15, 0.2) is 6.20 Å². The molecule has 0 aliphatic heterocycles. The Labute approximate surface area is 60.8 Å². The molecule has 0 aliphatic carbocycles. The number of nitrogens with zero attached hydrogens (tertiary/aromatic N) is 1. The Morgan fingerprint density at radius 3 is 2.67 bits per heavy atom. The van der Waals surface area contributed by atoms with E-state index in [4.69, 9.17) is 5.73 Å². The third kappa shape index (κ3) is 1.57. The van der Waals surface area contributed by atoms with E-state index in [1.165, 1.54) is 12.4 Å². The first-order valence-electron chi connectivity index (χ1n) is 2.33. The summed E-state index contributed by atoms with van der Waals surface area (Å²) in [6.45, 7) is 0. The lowest BCUT2D eigenvalue weighted by atomic mass is 10.4. The summed E-state index contributed by atoms with van der Waals surface area (Å²) in [4.78, 5) is 0. The van der Waals surface area contributed by atoms with Crippen LogP contribution in [-0.2, 0) is 0 Å². The molecule has 0 saturated heterocycles. The van der Waals surface area contributed by atoms with Crippen LogP contribution in [0.1, 0.15) is 0 Å². The van der Waals surface area contributed by atoms with Crippen LogP contribution in [0.15, 0.2) is 22.9 Å². The van der Waals surface area contributed by atoms with Crippen LogP contribution in [0.25, 0.3) is 0 Å². The van der Waals surface area contributed by atoms with Crippen LogP contribution in [0.5, 0.6) is 0 Å². The molecular formula is C5H5BrN2O. The quantitative estimate of drug-likeness (QED) is 0.481. The lowest BCUT2D eigenvalue weighted by Gasteiger charge is -1.95. The molecule has 0 unspecified atom stereocenters. The molecule has 0 bridgehead atoms. The van der Waals surface area contributed by atoms with Gasteiger partial charge in [0.05, 0.1) is 10.2 Å². The van der Waals surface area contributed by atoms with Gasteiger partial charge in [-0.3, -0.25) is 0 Å². The highest BCUT2D eigenvalue weighted by Crippen LogP contribution is 2.08. The van der Waals surface area contributed by atoms with Crippen molar-refractivity contribution in [3.63, 3.8) is 0 Å². The van der Waals surface area contributed by atoms with Gasteiger partial charge in [-0.25, -0.2) is 0 Å². The minimum absolute atomic E-state index is 0.458. The predicted molar refractivity (Wildman–Crippen MR) is 37.5 cm³/mol. The van der Waals surface area contributed by atoms with E-state index in [2.05, 4.69) is 15.9 Å². The van der Waals surface area contributed by atoms with E-state index in [1.54, 1.807) is 6.07 Å². The van der Waals surface area contributed by atoms with Crippen LogP contribution in [0.2, 0.25) is 0 Å². The van der Waals surface area contributed by atoms with Crippen LogP contribution >= 0.6 is 15.9 Å². The summed E-state index contributed by atoms with van der Waals surface area (Å²) in [7, 11) is 0. The molecule has 0 radical (unpaired) electrons. The molecule has 0 saturated carbocycles. The Kier molecular flexibility index (Phi) is 1.57. The molecule has 0 fully saturated rings.